The van der Waals surface area contributed by atoms with Gasteiger partial charge in [0.05, 0.1) is 0 Å². The molecule has 0 aromatic heterocycles. The predicted octanol–water partition coefficient (Wildman–Crippen LogP) is 1.69. The molecule has 0 spiro atoms. The molecule has 1 aliphatic rings. The Bertz CT molecular complexity index is 485. The van der Waals surface area contributed by atoms with Crippen LogP contribution in [0.1, 0.15) is 29.3 Å². The first-order valence-corrected chi connectivity index (χ1v) is 6.70. The van der Waals surface area contributed by atoms with Crippen LogP contribution in [0.3, 0.4) is 0 Å². The monoisotopic (exact) mass is 260 g/mol. The fourth-order valence-electron chi connectivity index (χ4n) is 2.42. The minimum atomic E-state index is 0.0727. The Morgan fingerprint density at radius 1 is 1.00 bits per heavy atom. The van der Waals surface area contributed by atoms with Crippen molar-refractivity contribution in [3.63, 3.8) is 0 Å². The lowest BCUT2D eigenvalue weighted by atomic mass is 10.1. The van der Waals surface area contributed by atoms with Crippen LogP contribution in [0.4, 0.5) is 0 Å². The van der Waals surface area contributed by atoms with Gasteiger partial charge in [-0.1, -0.05) is 18.2 Å². The number of nitrogens with zero attached hydrogens (tertiary/aromatic N) is 2. The van der Waals surface area contributed by atoms with Gasteiger partial charge in [0.2, 0.25) is 5.91 Å². The van der Waals surface area contributed by atoms with Crippen molar-refractivity contribution < 1.29 is 9.59 Å². The smallest absolute Gasteiger partial charge is 0.254 e. The summed E-state index contributed by atoms with van der Waals surface area (Å²) in [7, 11) is 0. The van der Waals surface area contributed by atoms with Gasteiger partial charge in [0.25, 0.3) is 5.91 Å². The van der Waals surface area contributed by atoms with Crippen molar-refractivity contribution in [3.05, 3.63) is 35.4 Å². The Morgan fingerprint density at radius 3 is 2.32 bits per heavy atom. The second-order valence-electron chi connectivity index (χ2n) is 4.97. The first-order chi connectivity index (χ1) is 9.09. The third-order valence-electron chi connectivity index (χ3n) is 3.60. The molecule has 2 rings (SSSR count). The summed E-state index contributed by atoms with van der Waals surface area (Å²) in [5.74, 6) is 0.161. The fraction of sp³-hybridized carbons (Fsp3) is 0.467. The summed E-state index contributed by atoms with van der Waals surface area (Å²) in [5.41, 5.74) is 1.76. The van der Waals surface area contributed by atoms with Crippen LogP contribution in [0, 0.1) is 6.92 Å². The normalized spacial score (nSPS) is 16.1. The van der Waals surface area contributed by atoms with Gasteiger partial charge < -0.3 is 9.80 Å². The zero-order valence-corrected chi connectivity index (χ0v) is 11.6. The van der Waals surface area contributed by atoms with Crippen LogP contribution in [-0.4, -0.2) is 47.8 Å². The lowest BCUT2D eigenvalue weighted by molar-refractivity contribution is -0.128. The van der Waals surface area contributed by atoms with Crippen LogP contribution in [0.15, 0.2) is 24.3 Å². The molecule has 4 heteroatoms. The van der Waals surface area contributed by atoms with E-state index in [4.69, 9.17) is 0 Å². The van der Waals surface area contributed by atoms with Crippen LogP contribution in [0.25, 0.3) is 0 Å². The van der Waals surface area contributed by atoms with E-state index >= 15 is 0 Å². The second kappa shape index (κ2) is 5.87. The van der Waals surface area contributed by atoms with Crippen molar-refractivity contribution in [1.29, 1.82) is 0 Å². The highest BCUT2D eigenvalue weighted by atomic mass is 16.2. The number of hydrogen-bond acceptors (Lipinski definition) is 2. The molecule has 1 aromatic carbocycles. The molecular weight excluding hydrogens is 240 g/mol. The van der Waals surface area contributed by atoms with Crippen molar-refractivity contribution in [3.8, 4) is 0 Å². The minimum Gasteiger partial charge on any atom is -0.341 e. The summed E-state index contributed by atoms with van der Waals surface area (Å²) in [6, 6.07) is 7.64. The number of amides is 2. The Kier molecular flexibility index (Phi) is 4.20. The molecule has 0 saturated carbocycles. The van der Waals surface area contributed by atoms with E-state index in [1.54, 1.807) is 6.92 Å². The van der Waals surface area contributed by atoms with E-state index < -0.39 is 0 Å². The predicted molar refractivity (Wildman–Crippen MR) is 74.0 cm³/mol. The molecule has 1 saturated heterocycles. The number of aryl methyl sites for hydroxylation is 1. The van der Waals surface area contributed by atoms with Gasteiger partial charge in [0.1, 0.15) is 0 Å². The van der Waals surface area contributed by atoms with E-state index in [9.17, 15) is 9.59 Å². The van der Waals surface area contributed by atoms with Crippen molar-refractivity contribution in [1.82, 2.24) is 9.80 Å². The van der Waals surface area contributed by atoms with Gasteiger partial charge >= 0.3 is 0 Å². The standard InChI is InChI=1S/C15H20N2O2/c1-12-6-3-4-7-14(12)15(19)17-9-5-8-16(10-11-17)13(2)18/h3-4,6-7H,5,8-11H2,1-2H3. The number of carbonyl (C=O) groups excluding carboxylic acids is 2. The largest absolute Gasteiger partial charge is 0.341 e. The molecule has 1 heterocycles. The van der Waals surface area contributed by atoms with Gasteiger partial charge in [-0.15, -0.1) is 0 Å². The minimum absolute atomic E-state index is 0.0727. The average molecular weight is 260 g/mol. The Balaban J connectivity index is 2.08. The van der Waals surface area contributed by atoms with Crippen LogP contribution >= 0.6 is 0 Å². The summed E-state index contributed by atoms with van der Waals surface area (Å²) < 4.78 is 0. The molecule has 1 aromatic rings. The quantitative estimate of drug-likeness (QED) is 0.771. The van der Waals surface area contributed by atoms with E-state index in [0.29, 0.717) is 13.1 Å². The molecule has 102 valence electrons. The molecule has 1 aliphatic heterocycles. The molecule has 0 aliphatic carbocycles. The Hall–Kier alpha value is -1.84. The highest BCUT2D eigenvalue weighted by molar-refractivity contribution is 5.95. The lowest BCUT2D eigenvalue weighted by Crippen LogP contribution is -2.36. The molecule has 2 amide bonds. The lowest BCUT2D eigenvalue weighted by Gasteiger charge is -2.22. The summed E-state index contributed by atoms with van der Waals surface area (Å²) in [6.07, 6.45) is 0.844. The van der Waals surface area contributed by atoms with E-state index in [0.717, 1.165) is 30.6 Å². The number of rotatable bonds is 1. The van der Waals surface area contributed by atoms with Crippen LogP contribution in [0.2, 0.25) is 0 Å². The van der Waals surface area contributed by atoms with Crippen LogP contribution < -0.4 is 0 Å². The molecule has 0 bridgehead atoms. The maximum absolute atomic E-state index is 12.5. The third kappa shape index (κ3) is 3.13. The van der Waals surface area contributed by atoms with Gasteiger partial charge in [-0.3, -0.25) is 9.59 Å². The Labute approximate surface area is 114 Å². The fourth-order valence-corrected chi connectivity index (χ4v) is 2.42. The highest BCUT2D eigenvalue weighted by Gasteiger charge is 2.21. The average Bonchev–Trinajstić information content (AvgIpc) is 2.64. The van der Waals surface area contributed by atoms with E-state index in [1.807, 2.05) is 41.0 Å². The molecule has 0 unspecified atom stereocenters. The maximum atomic E-state index is 12.5. The molecular formula is C15H20N2O2. The first-order valence-electron chi connectivity index (χ1n) is 6.70. The first kappa shape index (κ1) is 13.6. The zero-order chi connectivity index (χ0) is 13.8. The van der Waals surface area contributed by atoms with Crippen LogP contribution in [-0.2, 0) is 4.79 Å². The van der Waals surface area contributed by atoms with Gasteiger partial charge in [0, 0.05) is 38.7 Å². The van der Waals surface area contributed by atoms with E-state index in [-0.39, 0.29) is 11.8 Å². The van der Waals surface area contributed by atoms with Crippen molar-refractivity contribution in [2.75, 3.05) is 26.2 Å². The molecule has 4 nitrogen and oxygen atoms in total. The molecule has 0 radical (unpaired) electrons. The third-order valence-corrected chi connectivity index (χ3v) is 3.60. The van der Waals surface area contributed by atoms with Gasteiger partial charge in [-0.05, 0) is 25.0 Å². The van der Waals surface area contributed by atoms with Crippen molar-refractivity contribution in [2.45, 2.75) is 20.3 Å². The molecule has 0 atom stereocenters. The van der Waals surface area contributed by atoms with Crippen molar-refractivity contribution >= 4 is 11.8 Å². The molecule has 1 fully saturated rings. The van der Waals surface area contributed by atoms with Crippen LogP contribution in [0.5, 0.6) is 0 Å². The van der Waals surface area contributed by atoms with Gasteiger partial charge in [0.15, 0.2) is 0 Å². The molecule has 19 heavy (non-hydrogen) atoms. The number of hydrogen-bond donors (Lipinski definition) is 0. The zero-order valence-electron chi connectivity index (χ0n) is 11.6. The number of benzene rings is 1. The summed E-state index contributed by atoms with van der Waals surface area (Å²) >= 11 is 0. The summed E-state index contributed by atoms with van der Waals surface area (Å²) in [5, 5.41) is 0. The van der Waals surface area contributed by atoms with Crippen molar-refractivity contribution in [2.24, 2.45) is 0 Å². The second-order valence-corrected chi connectivity index (χ2v) is 4.97. The van der Waals surface area contributed by atoms with E-state index in [2.05, 4.69) is 0 Å². The Morgan fingerprint density at radius 2 is 1.63 bits per heavy atom. The number of carbonyl (C=O) groups is 2. The topological polar surface area (TPSA) is 40.6 Å². The highest BCUT2D eigenvalue weighted by Crippen LogP contribution is 2.13. The van der Waals surface area contributed by atoms with Gasteiger partial charge in [-0.25, -0.2) is 0 Å². The maximum Gasteiger partial charge on any atom is 0.254 e. The molecule has 0 N–H and O–H groups in total. The van der Waals surface area contributed by atoms with E-state index in [1.165, 1.54) is 0 Å². The van der Waals surface area contributed by atoms with Gasteiger partial charge in [-0.2, -0.15) is 0 Å². The summed E-state index contributed by atoms with van der Waals surface area (Å²) in [6.45, 7) is 6.25. The SMILES string of the molecule is CC(=O)N1CCCN(C(=O)c2ccccc2C)CC1. The summed E-state index contributed by atoms with van der Waals surface area (Å²) in [4.78, 5) is 27.5.